The van der Waals surface area contributed by atoms with Crippen LogP contribution in [0.2, 0.25) is 0 Å². The first kappa shape index (κ1) is 12.0. The minimum absolute atomic E-state index is 1.65. The molecule has 78 valence electrons. The molecule has 0 spiro atoms. The summed E-state index contributed by atoms with van der Waals surface area (Å²) in [6.45, 7) is -2.19. The molecule has 3 nitrogen and oxygen atoms in total. The zero-order valence-corrected chi connectivity index (χ0v) is 5.82. The largest absolute Gasteiger partial charge is 0.406 e. The third kappa shape index (κ3) is 3.95. The van der Waals surface area contributed by atoms with Crippen LogP contribution in [0.1, 0.15) is 0 Å². The molecule has 0 N–H and O–H groups in total. The second-order valence-corrected chi connectivity index (χ2v) is 2.15. The van der Waals surface area contributed by atoms with Gasteiger partial charge in [-0.25, -0.2) is 0 Å². The van der Waals surface area contributed by atoms with Gasteiger partial charge in [0.05, 0.1) is 0 Å². The number of nitrogens with zero attached hydrogens (tertiary/aromatic N) is 1. The molecular formula is C4H3F6NO2. The molecule has 13 heavy (non-hydrogen) atoms. The minimum atomic E-state index is -5.63. The molecule has 0 saturated carbocycles. The van der Waals surface area contributed by atoms with Crippen molar-refractivity contribution >= 4 is 0 Å². The van der Waals surface area contributed by atoms with Gasteiger partial charge in [0.2, 0.25) is 12.5 Å². The summed E-state index contributed by atoms with van der Waals surface area (Å²) in [6, 6.07) is 0. The molecule has 0 unspecified atom stereocenters. The summed E-state index contributed by atoms with van der Waals surface area (Å²) in [4.78, 5) is 7.86. The third-order valence-corrected chi connectivity index (χ3v) is 1.12. The highest BCUT2D eigenvalue weighted by Crippen LogP contribution is 2.38. The van der Waals surface area contributed by atoms with Gasteiger partial charge in [0, 0.05) is 4.92 Å². The highest BCUT2D eigenvalue weighted by molar-refractivity contribution is 4.74. The van der Waals surface area contributed by atoms with Crippen LogP contribution in [-0.2, 0) is 0 Å². The van der Waals surface area contributed by atoms with Crippen molar-refractivity contribution in [1.29, 1.82) is 0 Å². The SMILES string of the molecule is O=[N+]([O-])CC(C(F)(F)F)C(F)(F)F. The van der Waals surface area contributed by atoms with Crippen molar-refractivity contribution in [1.82, 2.24) is 0 Å². The van der Waals surface area contributed by atoms with Gasteiger partial charge < -0.3 is 0 Å². The number of hydrogen-bond acceptors (Lipinski definition) is 2. The van der Waals surface area contributed by atoms with E-state index >= 15 is 0 Å². The Bertz CT molecular complexity index is 182. The quantitative estimate of drug-likeness (QED) is 0.398. The number of halogens is 6. The molecule has 0 heterocycles. The van der Waals surface area contributed by atoms with E-state index in [-0.39, 0.29) is 0 Å². The second kappa shape index (κ2) is 3.38. The Balaban J connectivity index is 4.68. The zero-order valence-electron chi connectivity index (χ0n) is 5.82. The third-order valence-electron chi connectivity index (χ3n) is 1.12. The van der Waals surface area contributed by atoms with Crippen LogP contribution in [0.3, 0.4) is 0 Å². The van der Waals surface area contributed by atoms with E-state index < -0.39 is 29.7 Å². The number of nitro groups is 1. The van der Waals surface area contributed by atoms with E-state index in [4.69, 9.17) is 0 Å². The zero-order chi connectivity index (χ0) is 10.9. The van der Waals surface area contributed by atoms with Crippen LogP contribution in [0.5, 0.6) is 0 Å². The lowest BCUT2D eigenvalue weighted by molar-refractivity contribution is -0.510. The van der Waals surface area contributed by atoms with Gasteiger partial charge in [-0.3, -0.25) is 10.1 Å². The molecule has 0 aromatic carbocycles. The van der Waals surface area contributed by atoms with Crippen LogP contribution in [0.25, 0.3) is 0 Å². The van der Waals surface area contributed by atoms with Crippen molar-refractivity contribution in [3.05, 3.63) is 10.1 Å². The van der Waals surface area contributed by atoms with Crippen LogP contribution in [0.4, 0.5) is 26.3 Å². The van der Waals surface area contributed by atoms with Gasteiger partial charge in [-0.05, 0) is 0 Å². The molecule has 0 saturated heterocycles. The monoisotopic (exact) mass is 211 g/mol. The maximum atomic E-state index is 11.6. The van der Waals surface area contributed by atoms with Crippen LogP contribution in [0.15, 0.2) is 0 Å². The summed E-state index contributed by atoms with van der Waals surface area (Å²) >= 11 is 0. The lowest BCUT2D eigenvalue weighted by Crippen LogP contribution is -2.41. The predicted octanol–water partition coefficient (Wildman–Crippen LogP) is 2.00. The Morgan fingerprint density at radius 2 is 1.38 bits per heavy atom. The van der Waals surface area contributed by atoms with Gasteiger partial charge >= 0.3 is 12.4 Å². The lowest BCUT2D eigenvalue weighted by Gasteiger charge is -2.18. The molecule has 0 amide bonds. The van der Waals surface area contributed by atoms with Crippen molar-refractivity contribution in [2.24, 2.45) is 5.92 Å². The second-order valence-electron chi connectivity index (χ2n) is 2.15. The molecule has 0 rings (SSSR count). The molecule has 0 radical (unpaired) electrons. The van der Waals surface area contributed by atoms with Crippen molar-refractivity contribution < 1.29 is 31.3 Å². The maximum Gasteiger partial charge on any atom is 0.406 e. The lowest BCUT2D eigenvalue weighted by atomic mass is 10.1. The maximum absolute atomic E-state index is 11.6. The summed E-state index contributed by atoms with van der Waals surface area (Å²) in [6.07, 6.45) is -11.3. The van der Waals surface area contributed by atoms with Crippen LogP contribution in [0, 0.1) is 16.0 Å². The van der Waals surface area contributed by atoms with E-state index in [1.165, 1.54) is 0 Å². The Kier molecular flexibility index (Phi) is 3.12. The van der Waals surface area contributed by atoms with Crippen molar-refractivity contribution in [2.45, 2.75) is 12.4 Å². The Morgan fingerprint density at radius 3 is 1.46 bits per heavy atom. The summed E-state index contributed by atoms with van der Waals surface area (Å²) in [5, 5.41) is 9.51. The summed E-state index contributed by atoms with van der Waals surface area (Å²) in [7, 11) is 0. The van der Waals surface area contributed by atoms with Crippen LogP contribution < -0.4 is 0 Å². The normalized spacial score (nSPS) is 13.5. The fourth-order valence-corrected chi connectivity index (χ4v) is 0.542. The standard InChI is InChI=1S/C4H3F6NO2/c5-3(6,7)2(1-11(12)13)4(8,9)10/h2H,1H2. The molecule has 0 atom stereocenters. The van der Waals surface area contributed by atoms with Crippen LogP contribution in [-0.4, -0.2) is 23.8 Å². The van der Waals surface area contributed by atoms with Gasteiger partial charge in [-0.1, -0.05) is 0 Å². The van der Waals surface area contributed by atoms with Gasteiger partial charge in [0.25, 0.3) is 0 Å². The molecule has 0 bridgehead atoms. The molecular weight excluding hydrogens is 208 g/mol. The molecule has 0 aromatic heterocycles. The topological polar surface area (TPSA) is 43.1 Å². The minimum Gasteiger partial charge on any atom is -0.265 e. The van der Waals surface area contributed by atoms with Gasteiger partial charge in [-0.15, -0.1) is 0 Å². The molecule has 0 fully saturated rings. The molecule has 0 aliphatic rings. The number of hydrogen-bond donors (Lipinski definition) is 0. The van der Waals surface area contributed by atoms with Gasteiger partial charge in [0.15, 0.2) is 0 Å². The summed E-state index contributed by atoms with van der Waals surface area (Å²) in [5.74, 6) is -3.89. The molecule has 0 aliphatic heterocycles. The first-order chi connectivity index (χ1) is 5.55. The molecule has 9 heteroatoms. The first-order valence-electron chi connectivity index (χ1n) is 2.80. The van der Waals surface area contributed by atoms with Crippen LogP contribution >= 0.6 is 0 Å². The molecule has 0 aromatic rings. The Hall–Kier alpha value is -1.02. The van der Waals surface area contributed by atoms with Crippen molar-refractivity contribution in [3.8, 4) is 0 Å². The Morgan fingerprint density at radius 1 is 1.08 bits per heavy atom. The molecule has 0 aliphatic carbocycles. The van der Waals surface area contributed by atoms with Gasteiger partial charge in [0.1, 0.15) is 0 Å². The fraction of sp³-hybridized carbons (Fsp3) is 1.00. The number of rotatable bonds is 2. The average Bonchev–Trinajstić information content (AvgIpc) is 1.77. The summed E-state index contributed by atoms with van der Waals surface area (Å²) in [5.41, 5.74) is 0. The van der Waals surface area contributed by atoms with E-state index in [0.717, 1.165) is 0 Å². The fourth-order valence-electron chi connectivity index (χ4n) is 0.542. The van der Waals surface area contributed by atoms with E-state index in [2.05, 4.69) is 0 Å². The summed E-state index contributed by atoms with van der Waals surface area (Å²) < 4.78 is 69.3. The predicted molar refractivity (Wildman–Crippen MR) is 27.5 cm³/mol. The average molecular weight is 211 g/mol. The number of alkyl halides is 6. The van der Waals surface area contributed by atoms with Crippen molar-refractivity contribution in [3.63, 3.8) is 0 Å². The van der Waals surface area contributed by atoms with E-state index in [1.807, 2.05) is 0 Å². The highest BCUT2D eigenvalue weighted by Gasteiger charge is 2.59. The first-order valence-corrected chi connectivity index (χ1v) is 2.80. The van der Waals surface area contributed by atoms with E-state index in [9.17, 15) is 36.5 Å². The van der Waals surface area contributed by atoms with E-state index in [0.29, 0.717) is 0 Å². The van der Waals surface area contributed by atoms with Crippen molar-refractivity contribution in [2.75, 3.05) is 6.54 Å². The smallest absolute Gasteiger partial charge is 0.265 e. The van der Waals surface area contributed by atoms with E-state index in [1.54, 1.807) is 0 Å². The Labute approximate surface area is 67.5 Å². The highest BCUT2D eigenvalue weighted by atomic mass is 19.4. The van der Waals surface area contributed by atoms with Gasteiger partial charge in [-0.2, -0.15) is 26.3 Å².